The Morgan fingerprint density at radius 1 is 1.50 bits per heavy atom. The summed E-state index contributed by atoms with van der Waals surface area (Å²) in [6.45, 7) is 2.74. The summed E-state index contributed by atoms with van der Waals surface area (Å²) in [5, 5.41) is 7.64. The van der Waals surface area contributed by atoms with Crippen molar-refractivity contribution in [3.63, 3.8) is 0 Å². The Hall–Kier alpha value is -1.51. The van der Waals surface area contributed by atoms with E-state index in [1.54, 1.807) is 0 Å². The molecule has 0 aromatic heterocycles. The van der Waals surface area contributed by atoms with Crippen LogP contribution in [-0.2, 0) is 14.8 Å². The van der Waals surface area contributed by atoms with Gasteiger partial charge >= 0.3 is 0 Å². The smallest absolute Gasteiger partial charge is 0.251 e. The van der Waals surface area contributed by atoms with Gasteiger partial charge in [-0.05, 0) is 31.5 Å². The Kier molecular flexibility index (Phi) is 3.81. The average Bonchev–Trinajstić information content (AvgIpc) is 2.74. The predicted octanol–water partition coefficient (Wildman–Crippen LogP) is 0.382. The quantitative estimate of drug-likeness (QED) is 0.843. The fourth-order valence-electron chi connectivity index (χ4n) is 1.97. The highest BCUT2D eigenvalue weighted by atomic mass is 32.2. The monoisotopic (exact) mass is 302 g/mol. The third-order valence-electron chi connectivity index (χ3n) is 3.13. The molecule has 1 fully saturated rings. The van der Waals surface area contributed by atoms with Crippen molar-refractivity contribution in [1.82, 2.24) is 5.32 Å². The van der Waals surface area contributed by atoms with Crippen LogP contribution in [0.3, 0.4) is 0 Å². The second-order valence-electron chi connectivity index (χ2n) is 5.01. The van der Waals surface area contributed by atoms with Crippen molar-refractivity contribution in [2.75, 3.05) is 13.2 Å². The summed E-state index contributed by atoms with van der Waals surface area (Å²) in [6.07, 6.45) is 0.655. The second-order valence-corrected chi connectivity index (χ2v) is 6.54. The number of hydrogen-bond acceptors (Lipinski definition) is 4. The van der Waals surface area contributed by atoms with Gasteiger partial charge in [0.15, 0.2) is 0 Å². The van der Waals surface area contributed by atoms with Crippen LogP contribution in [0.25, 0.3) is 0 Å². The van der Waals surface area contributed by atoms with Gasteiger partial charge in [-0.1, -0.05) is 0 Å². The molecule has 1 saturated heterocycles. The molecule has 1 amide bonds. The van der Waals surface area contributed by atoms with Crippen LogP contribution in [0.1, 0.15) is 23.7 Å². The van der Waals surface area contributed by atoms with Crippen LogP contribution in [0.4, 0.5) is 4.39 Å². The maximum Gasteiger partial charge on any atom is 0.251 e. The molecule has 1 heterocycles. The summed E-state index contributed by atoms with van der Waals surface area (Å²) in [6, 6.07) is 3.04. The first-order valence-electron chi connectivity index (χ1n) is 5.94. The highest BCUT2D eigenvalue weighted by Crippen LogP contribution is 2.20. The van der Waals surface area contributed by atoms with Gasteiger partial charge in [0.25, 0.3) is 5.91 Å². The molecule has 1 aliphatic rings. The van der Waals surface area contributed by atoms with Crippen molar-refractivity contribution >= 4 is 15.9 Å². The molecule has 3 N–H and O–H groups in total. The SMILES string of the molecule is CC1(NC(=O)c2ccc(F)c(S(N)(=O)=O)c2)CCOC1. The number of benzene rings is 1. The van der Waals surface area contributed by atoms with Crippen LogP contribution in [-0.4, -0.2) is 33.1 Å². The highest BCUT2D eigenvalue weighted by molar-refractivity contribution is 7.89. The predicted molar refractivity (Wildman–Crippen MR) is 69.1 cm³/mol. The first kappa shape index (κ1) is 14.9. The van der Waals surface area contributed by atoms with Crippen LogP contribution >= 0.6 is 0 Å². The Labute approximate surface area is 116 Å². The van der Waals surface area contributed by atoms with Crippen molar-refractivity contribution in [3.8, 4) is 0 Å². The average molecular weight is 302 g/mol. The molecule has 110 valence electrons. The van der Waals surface area contributed by atoms with Gasteiger partial charge in [0.2, 0.25) is 10.0 Å². The number of primary sulfonamides is 1. The molecule has 0 bridgehead atoms. The number of carbonyl (C=O) groups excluding carboxylic acids is 1. The topological polar surface area (TPSA) is 98.5 Å². The fraction of sp³-hybridized carbons (Fsp3) is 0.417. The van der Waals surface area contributed by atoms with Gasteiger partial charge in [-0.2, -0.15) is 0 Å². The number of halogens is 1. The Balaban J connectivity index is 2.27. The number of nitrogens with two attached hydrogens (primary N) is 1. The van der Waals surface area contributed by atoms with E-state index >= 15 is 0 Å². The van der Waals surface area contributed by atoms with Gasteiger partial charge < -0.3 is 10.1 Å². The maximum atomic E-state index is 13.4. The van der Waals surface area contributed by atoms with E-state index < -0.39 is 32.2 Å². The first-order chi connectivity index (χ1) is 9.21. The molecule has 2 rings (SSSR count). The minimum absolute atomic E-state index is 0.0311. The number of nitrogens with one attached hydrogen (secondary N) is 1. The molecule has 8 heteroatoms. The van der Waals surface area contributed by atoms with E-state index in [2.05, 4.69) is 5.32 Å². The molecular formula is C12H15FN2O4S. The maximum absolute atomic E-state index is 13.4. The number of amides is 1. The molecular weight excluding hydrogens is 287 g/mol. The van der Waals surface area contributed by atoms with Gasteiger partial charge in [0.1, 0.15) is 10.7 Å². The zero-order valence-corrected chi connectivity index (χ0v) is 11.7. The molecule has 1 aromatic rings. The number of ether oxygens (including phenoxy) is 1. The summed E-state index contributed by atoms with van der Waals surface area (Å²) < 4.78 is 41.0. The minimum atomic E-state index is -4.21. The third kappa shape index (κ3) is 3.14. The number of rotatable bonds is 3. The van der Waals surface area contributed by atoms with Gasteiger partial charge in [-0.3, -0.25) is 4.79 Å². The normalized spacial score (nSPS) is 22.8. The van der Waals surface area contributed by atoms with Gasteiger partial charge in [0.05, 0.1) is 12.1 Å². The lowest BCUT2D eigenvalue weighted by Gasteiger charge is -2.23. The van der Waals surface area contributed by atoms with Crippen molar-refractivity contribution in [3.05, 3.63) is 29.6 Å². The van der Waals surface area contributed by atoms with E-state index in [1.807, 2.05) is 6.92 Å². The van der Waals surface area contributed by atoms with E-state index in [0.29, 0.717) is 19.6 Å². The van der Waals surface area contributed by atoms with Gasteiger partial charge in [0, 0.05) is 12.2 Å². The molecule has 0 radical (unpaired) electrons. The van der Waals surface area contributed by atoms with Crippen LogP contribution in [0.5, 0.6) is 0 Å². The number of carbonyl (C=O) groups is 1. The fourth-order valence-corrected chi connectivity index (χ4v) is 2.61. The Bertz CT molecular complexity index is 639. The largest absolute Gasteiger partial charge is 0.379 e. The van der Waals surface area contributed by atoms with Crippen LogP contribution in [0.2, 0.25) is 0 Å². The molecule has 0 spiro atoms. The molecule has 0 aliphatic carbocycles. The summed E-state index contributed by atoms with van der Waals surface area (Å²) in [7, 11) is -4.21. The molecule has 20 heavy (non-hydrogen) atoms. The Morgan fingerprint density at radius 3 is 2.75 bits per heavy atom. The summed E-state index contributed by atoms with van der Waals surface area (Å²) in [5.41, 5.74) is -0.476. The molecule has 1 aliphatic heterocycles. The van der Waals surface area contributed by atoms with E-state index in [9.17, 15) is 17.6 Å². The van der Waals surface area contributed by atoms with E-state index in [4.69, 9.17) is 9.88 Å². The second kappa shape index (κ2) is 5.12. The summed E-state index contributed by atoms with van der Waals surface area (Å²) in [5.74, 6) is -1.48. The highest BCUT2D eigenvalue weighted by Gasteiger charge is 2.31. The Morgan fingerprint density at radius 2 is 2.20 bits per heavy atom. The lowest BCUT2D eigenvalue weighted by atomic mass is 10.0. The number of hydrogen-bond donors (Lipinski definition) is 2. The lowest BCUT2D eigenvalue weighted by Crippen LogP contribution is -2.46. The molecule has 1 unspecified atom stereocenters. The zero-order valence-electron chi connectivity index (χ0n) is 10.8. The van der Waals surface area contributed by atoms with Crippen molar-refractivity contribution < 1.29 is 22.3 Å². The molecule has 6 nitrogen and oxygen atoms in total. The van der Waals surface area contributed by atoms with E-state index in [-0.39, 0.29) is 5.56 Å². The summed E-state index contributed by atoms with van der Waals surface area (Å²) in [4.78, 5) is 11.4. The molecule has 1 aromatic carbocycles. The van der Waals surface area contributed by atoms with E-state index in [0.717, 1.165) is 12.1 Å². The minimum Gasteiger partial charge on any atom is -0.379 e. The van der Waals surface area contributed by atoms with Crippen molar-refractivity contribution in [2.45, 2.75) is 23.8 Å². The summed E-state index contributed by atoms with van der Waals surface area (Å²) >= 11 is 0. The van der Waals surface area contributed by atoms with Crippen LogP contribution in [0.15, 0.2) is 23.1 Å². The van der Waals surface area contributed by atoms with Gasteiger partial charge in [-0.15, -0.1) is 0 Å². The molecule has 0 saturated carbocycles. The van der Waals surface area contributed by atoms with Crippen molar-refractivity contribution in [2.24, 2.45) is 5.14 Å². The van der Waals surface area contributed by atoms with Crippen molar-refractivity contribution in [1.29, 1.82) is 0 Å². The molecule has 1 atom stereocenters. The third-order valence-corrected chi connectivity index (χ3v) is 4.06. The van der Waals surface area contributed by atoms with Crippen LogP contribution in [0, 0.1) is 5.82 Å². The van der Waals surface area contributed by atoms with Crippen LogP contribution < -0.4 is 10.5 Å². The van der Waals surface area contributed by atoms with E-state index in [1.165, 1.54) is 6.07 Å². The standard InChI is InChI=1S/C12H15FN2O4S/c1-12(4-5-19-7-12)15-11(16)8-2-3-9(13)10(6-8)20(14,17)18/h2-3,6H,4-5,7H2,1H3,(H,15,16)(H2,14,17,18). The lowest BCUT2D eigenvalue weighted by molar-refractivity contribution is 0.0889. The zero-order chi connectivity index (χ0) is 15.0. The number of sulfonamides is 1. The first-order valence-corrected chi connectivity index (χ1v) is 7.49. The van der Waals surface area contributed by atoms with Gasteiger partial charge in [-0.25, -0.2) is 17.9 Å².